The van der Waals surface area contributed by atoms with Gasteiger partial charge in [-0.25, -0.2) is 0 Å². The number of rotatable bonds is 7. The summed E-state index contributed by atoms with van der Waals surface area (Å²) in [6, 6.07) is 7.75. The quantitative estimate of drug-likeness (QED) is 0.765. The molecular formula is C22H30N4O3. The fourth-order valence-electron chi connectivity index (χ4n) is 3.57. The highest BCUT2D eigenvalue weighted by Gasteiger charge is 2.27. The minimum absolute atomic E-state index is 0.0239. The fourth-order valence-corrected chi connectivity index (χ4v) is 3.57. The maximum atomic E-state index is 12.5. The van der Waals surface area contributed by atoms with E-state index in [0.717, 1.165) is 36.3 Å². The zero-order valence-corrected chi connectivity index (χ0v) is 17.5. The molecule has 29 heavy (non-hydrogen) atoms. The van der Waals surface area contributed by atoms with Gasteiger partial charge in [-0.15, -0.1) is 0 Å². The number of carbonyl (C=O) groups excluding carboxylic acids is 2. The van der Waals surface area contributed by atoms with Gasteiger partial charge in [0.25, 0.3) is 0 Å². The molecule has 0 unspecified atom stereocenters. The largest absolute Gasteiger partial charge is 0.343 e. The lowest BCUT2D eigenvalue weighted by Gasteiger charge is -2.30. The van der Waals surface area contributed by atoms with Crippen LogP contribution >= 0.6 is 0 Å². The summed E-state index contributed by atoms with van der Waals surface area (Å²) < 4.78 is 5.40. The van der Waals surface area contributed by atoms with E-state index in [0.29, 0.717) is 19.0 Å². The monoisotopic (exact) mass is 398 g/mol. The van der Waals surface area contributed by atoms with Crippen LogP contribution in [0.25, 0.3) is 0 Å². The van der Waals surface area contributed by atoms with Crippen molar-refractivity contribution in [2.75, 3.05) is 18.4 Å². The third-order valence-electron chi connectivity index (χ3n) is 5.41. The predicted octanol–water partition coefficient (Wildman–Crippen LogP) is 3.88. The Kier molecular flexibility index (Phi) is 7.01. The zero-order chi connectivity index (χ0) is 20.8. The highest BCUT2D eigenvalue weighted by Crippen LogP contribution is 2.28. The Bertz CT molecular complexity index is 838. The SMILES string of the molecule is CCc1ccccc1NC(=O)CCC(=O)N1CCC(c2nc(C(C)C)no2)CC1. The summed E-state index contributed by atoms with van der Waals surface area (Å²) >= 11 is 0. The molecule has 1 aliphatic heterocycles. The van der Waals surface area contributed by atoms with Crippen molar-refractivity contribution < 1.29 is 14.1 Å². The number of amides is 2. The van der Waals surface area contributed by atoms with Gasteiger partial charge in [-0.1, -0.05) is 44.1 Å². The van der Waals surface area contributed by atoms with E-state index in [1.807, 2.05) is 43.0 Å². The molecule has 3 rings (SSSR count). The Labute approximate surface area is 171 Å². The number of carbonyl (C=O) groups is 2. The van der Waals surface area contributed by atoms with E-state index in [9.17, 15) is 9.59 Å². The molecule has 0 radical (unpaired) electrons. The third kappa shape index (κ3) is 5.43. The van der Waals surface area contributed by atoms with Crippen LogP contribution in [-0.4, -0.2) is 39.9 Å². The number of nitrogens with one attached hydrogen (secondary N) is 1. The van der Waals surface area contributed by atoms with Crippen molar-refractivity contribution >= 4 is 17.5 Å². The number of aromatic nitrogens is 2. The number of para-hydroxylation sites is 1. The van der Waals surface area contributed by atoms with Gasteiger partial charge in [-0.2, -0.15) is 4.98 Å². The van der Waals surface area contributed by atoms with Crippen molar-refractivity contribution in [3.63, 3.8) is 0 Å². The number of likely N-dealkylation sites (tertiary alicyclic amines) is 1. The Hall–Kier alpha value is -2.70. The zero-order valence-electron chi connectivity index (χ0n) is 17.5. The summed E-state index contributed by atoms with van der Waals surface area (Å²) in [5.41, 5.74) is 1.92. The maximum absolute atomic E-state index is 12.5. The molecule has 2 aromatic rings. The standard InChI is InChI=1S/C22H30N4O3/c1-4-16-7-5-6-8-18(16)23-19(27)9-10-20(28)26-13-11-17(12-14-26)22-24-21(15(2)3)25-29-22/h5-8,15,17H,4,9-14H2,1-3H3,(H,23,27). The van der Waals surface area contributed by atoms with E-state index in [1.165, 1.54) is 0 Å². The molecule has 0 bridgehead atoms. The molecule has 1 aromatic carbocycles. The fraction of sp³-hybridized carbons (Fsp3) is 0.545. The van der Waals surface area contributed by atoms with Crippen molar-refractivity contribution in [1.82, 2.24) is 15.0 Å². The molecule has 1 fully saturated rings. The third-order valence-corrected chi connectivity index (χ3v) is 5.41. The summed E-state index contributed by atoms with van der Waals surface area (Å²) in [6.45, 7) is 7.43. The van der Waals surface area contributed by atoms with Gasteiger partial charge in [0.1, 0.15) is 0 Å². The Morgan fingerprint density at radius 3 is 2.59 bits per heavy atom. The van der Waals surface area contributed by atoms with Crippen LogP contribution in [0.15, 0.2) is 28.8 Å². The highest BCUT2D eigenvalue weighted by atomic mass is 16.5. The van der Waals surface area contributed by atoms with Gasteiger partial charge in [-0.05, 0) is 30.9 Å². The highest BCUT2D eigenvalue weighted by molar-refractivity contribution is 5.93. The van der Waals surface area contributed by atoms with Crippen LogP contribution in [0.4, 0.5) is 5.69 Å². The first-order valence-corrected chi connectivity index (χ1v) is 10.5. The van der Waals surface area contributed by atoms with Crippen molar-refractivity contribution in [1.29, 1.82) is 0 Å². The van der Waals surface area contributed by atoms with Gasteiger partial charge < -0.3 is 14.7 Å². The van der Waals surface area contributed by atoms with Crippen molar-refractivity contribution in [2.24, 2.45) is 0 Å². The summed E-state index contributed by atoms with van der Waals surface area (Å²) in [7, 11) is 0. The molecule has 2 heterocycles. The van der Waals surface area contributed by atoms with Gasteiger partial charge >= 0.3 is 0 Å². The van der Waals surface area contributed by atoms with E-state index in [2.05, 4.69) is 22.4 Å². The Balaban J connectivity index is 1.44. The van der Waals surface area contributed by atoms with Crippen LogP contribution in [0.5, 0.6) is 0 Å². The van der Waals surface area contributed by atoms with Gasteiger partial charge in [0.2, 0.25) is 17.7 Å². The molecule has 0 spiro atoms. The van der Waals surface area contributed by atoms with Crippen LogP contribution in [0.3, 0.4) is 0 Å². The molecule has 1 N–H and O–H groups in total. The number of hydrogen-bond acceptors (Lipinski definition) is 5. The molecular weight excluding hydrogens is 368 g/mol. The Morgan fingerprint density at radius 1 is 1.21 bits per heavy atom. The second-order valence-corrected chi connectivity index (χ2v) is 7.86. The summed E-state index contributed by atoms with van der Waals surface area (Å²) in [4.78, 5) is 31.1. The minimum Gasteiger partial charge on any atom is -0.343 e. The van der Waals surface area contributed by atoms with Gasteiger partial charge in [0.05, 0.1) is 0 Å². The second kappa shape index (κ2) is 9.67. The lowest BCUT2D eigenvalue weighted by molar-refractivity contribution is -0.133. The molecule has 1 aliphatic rings. The molecule has 2 amide bonds. The first-order valence-electron chi connectivity index (χ1n) is 10.5. The summed E-state index contributed by atoms with van der Waals surface area (Å²) in [6.07, 6.45) is 2.88. The number of aryl methyl sites for hydroxylation is 1. The van der Waals surface area contributed by atoms with E-state index >= 15 is 0 Å². The molecule has 0 atom stereocenters. The van der Waals surface area contributed by atoms with E-state index in [1.54, 1.807) is 0 Å². The molecule has 156 valence electrons. The number of nitrogens with zero attached hydrogens (tertiary/aromatic N) is 3. The number of anilines is 1. The first-order chi connectivity index (χ1) is 14.0. The smallest absolute Gasteiger partial charge is 0.229 e. The van der Waals surface area contributed by atoms with Crippen molar-refractivity contribution in [2.45, 2.75) is 64.7 Å². The maximum Gasteiger partial charge on any atom is 0.229 e. The molecule has 0 aliphatic carbocycles. The van der Waals surface area contributed by atoms with Crippen LogP contribution in [-0.2, 0) is 16.0 Å². The normalized spacial score (nSPS) is 15.0. The number of hydrogen-bond donors (Lipinski definition) is 1. The molecule has 1 aromatic heterocycles. The van der Waals surface area contributed by atoms with Crippen LogP contribution in [0.1, 0.15) is 75.6 Å². The van der Waals surface area contributed by atoms with Crippen LogP contribution in [0.2, 0.25) is 0 Å². The molecule has 7 heteroatoms. The van der Waals surface area contributed by atoms with Crippen molar-refractivity contribution in [3.8, 4) is 0 Å². The van der Waals surface area contributed by atoms with E-state index < -0.39 is 0 Å². The van der Waals surface area contributed by atoms with E-state index in [-0.39, 0.29) is 36.5 Å². The lowest BCUT2D eigenvalue weighted by Crippen LogP contribution is -2.38. The number of piperidine rings is 1. The second-order valence-electron chi connectivity index (χ2n) is 7.86. The Morgan fingerprint density at radius 2 is 1.93 bits per heavy atom. The lowest BCUT2D eigenvalue weighted by atomic mass is 9.96. The molecule has 1 saturated heterocycles. The summed E-state index contributed by atoms with van der Waals surface area (Å²) in [5, 5.41) is 6.95. The first kappa shape index (κ1) is 21.0. The average Bonchev–Trinajstić information content (AvgIpc) is 3.23. The van der Waals surface area contributed by atoms with Crippen LogP contribution in [0, 0.1) is 0 Å². The van der Waals surface area contributed by atoms with E-state index in [4.69, 9.17) is 4.52 Å². The van der Waals surface area contributed by atoms with Crippen LogP contribution < -0.4 is 5.32 Å². The van der Waals surface area contributed by atoms with Gasteiger partial charge in [-0.3, -0.25) is 9.59 Å². The van der Waals surface area contributed by atoms with Gasteiger partial charge in [0.15, 0.2) is 5.82 Å². The molecule has 0 saturated carbocycles. The minimum atomic E-state index is -0.124. The van der Waals surface area contributed by atoms with Gasteiger partial charge in [0, 0.05) is 43.5 Å². The van der Waals surface area contributed by atoms with Crippen molar-refractivity contribution in [3.05, 3.63) is 41.5 Å². The topological polar surface area (TPSA) is 88.3 Å². The number of benzene rings is 1. The molecule has 7 nitrogen and oxygen atoms in total. The predicted molar refractivity (Wildman–Crippen MR) is 111 cm³/mol. The summed E-state index contributed by atoms with van der Waals surface area (Å²) in [5.74, 6) is 1.75. The average molecular weight is 399 g/mol.